The number of rotatable bonds is 0. The van der Waals surface area contributed by atoms with Gasteiger partial charge in [-0.2, -0.15) is 0 Å². The summed E-state index contributed by atoms with van der Waals surface area (Å²) in [6, 6.07) is 0.541. The maximum atomic E-state index is 3.21. The van der Waals surface area contributed by atoms with E-state index in [0.717, 1.165) is 0 Å². The third-order valence-corrected chi connectivity index (χ3v) is 2.08. The molecule has 1 nitrogen and oxygen atoms in total. The van der Waals surface area contributed by atoms with Crippen LogP contribution in [0, 0.1) is 11.8 Å². The second-order valence-electron chi connectivity index (χ2n) is 2.89. The van der Waals surface area contributed by atoms with Crippen LogP contribution in [0.1, 0.15) is 26.2 Å². The third kappa shape index (κ3) is 1.75. The standard InChI is InChI=1S/C9H15N/c1-3-6-9-7-4-5-8-10(9)2/h9H,4-5,7-8H2,1-2H3. The van der Waals surface area contributed by atoms with Gasteiger partial charge in [-0.15, -0.1) is 5.92 Å². The van der Waals surface area contributed by atoms with E-state index in [0.29, 0.717) is 6.04 Å². The quantitative estimate of drug-likeness (QED) is 0.457. The number of hydrogen-bond acceptors (Lipinski definition) is 1. The van der Waals surface area contributed by atoms with Crippen LogP contribution >= 0.6 is 0 Å². The highest BCUT2D eigenvalue weighted by molar-refractivity contribution is 5.06. The summed E-state index contributed by atoms with van der Waals surface area (Å²) in [6.07, 6.45) is 3.96. The van der Waals surface area contributed by atoms with Crippen molar-refractivity contribution in [1.82, 2.24) is 4.90 Å². The first-order valence-electron chi connectivity index (χ1n) is 3.97. The van der Waals surface area contributed by atoms with Crippen molar-refractivity contribution in [2.45, 2.75) is 32.2 Å². The Morgan fingerprint density at radius 1 is 1.40 bits per heavy atom. The fourth-order valence-electron chi connectivity index (χ4n) is 1.42. The Bertz CT molecular complexity index is 152. The molecule has 0 radical (unpaired) electrons. The Morgan fingerprint density at radius 2 is 2.20 bits per heavy atom. The zero-order valence-corrected chi connectivity index (χ0v) is 6.85. The molecule has 56 valence electrons. The molecule has 10 heavy (non-hydrogen) atoms. The first-order chi connectivity index (χ1) is 4.84. The minimum absolute atomic E-state index is 0.541. The molecule has 0 spiro atoms. The van der Waals surface area contributed by atoms with Crippen molar-refractivity contribution < 1.29 is 0 Å². The molecule has 0 saturated carbocycles. The van der Waals surface area contributed by atoms with E-state index >= 15 is 0 Å². The van der Waals surface area contributed by atoms with Crippen LogP contribution in [0.2, 0.25) is 0 Å². The van der Waals surface area contributed by atoms with Crippen LogP contribution < -0.4 is 0 Å². The van der Waals surface area contributed by atoms with Crippen molar-refractivity contribution in [3.05, 3.63) is 0 Å². The first kappa shape index (κ1) is 7.63. The molecule has 0 aromatic carbocycles. The van der Waals surface area contributed by atoms with Crippen molar-refractivity contribution in [2.24, 2.45) is 0 Å². The lowest BCUT2D eigenvalue weighted by Crippen LogP contribution is -2.34. The summed E-state index contributed by atoms with van der Waals surface area (Å²) >= 11 is 0. The summed E-state index contributed by atoms with van der Waals surface area (Å²) in [4.78, 5) is 2.35. The molecule has 0 N–H and O–H groups in total. The van der Waals surface area contributed by atoms with Crippen LogP contribution in [0.25, 0.3) is 0 Å². The van der Waals surface area contributed by atoms with Crippen molar-refractivity contribution in [2.75, 3.05) is 13.6 Å². The van der Waals surface area contributed by atoms with Crippen molar-refractivity contribution >= 4 is 0 Å². The molecule has 1 aliphatic heterocycles. The second kappa shape index (κ2) is 3.63. The highest BCUT2D eigenvalue weighted by Gasteiger charge is 2.15. The van der Waals surface area contributed by atoms with E-state index in [-0.39, 0.29) is 0 Å². The van der Waals surface area contributed by atoms with Gasteiger partial charge in [0.15, 0.2) is 0 Å². The van der Waals surface area contributed by atoms with E-state index in [1.54, 1.807) is 0 Å². The fraction of sp³-hybridized carbons (Fsp3) is 0.778. The molecule has 1 fully saturated rings. The number of piperidine rings is 1. The topological polar surface area (TPSA) is 3.24 Å². The van der Waals surface area contributed by atoms with Gasteiger partial charge in [-0.3, -0.25) is 4.90 Å². The average molecular weight is 137 g/mol. The molecule has 1 saturated heterocycles. The molecule has 1 unspecified atom stereocenters. The van der Waals surface area contributed by atoms with Gasteiger partial charge in [0.25, 0.3) is 0 Å². The van der Waals surface area contributed by atoms with Crippen LogP contribution in [0.4, 0.5) is 0 Å². The predicted octanol–water partition coefficient (Wildman–Crippen LogP) is 1.49. The van der Waals surface area contributed by atoms with E-state index in [4.69, 9.17) is 0 Å². The van der Waals surface area contributed by atoms with Crippen molar-refractivity contribution in [3.8, 4) is 11.8 Å². The van der Waals surface area contributed by atoms with Gasteiger partial charge in [0.2, 0.25) is 0 Å². The molecular weight excluding hydrogens is 122 g/mol. The summed E-state index contributed by atoms with van der Waals surface area (Å²) in [5.74, 6) is 6.19. The lowest BCUT2D eigenvalue weighted by atomic mass is 10.0. The lowest BCUT2D eigenvalue weighted by Gasteiger charge is -2.28. The van der Waals surface area contributed by atoms with Crippen LogP contribution in [0.5, 0.6) is 0 Å². The summed E-state index contributed by atoms with van der Waals surface area (Å²) < 4.78 is 0. The van der Waals surface area contributed by atoms with Gasteiger partial charge >= 0.3 is 0 Å². The Kier molecular flexibility index (Phi) is 2.77. The normalized spacial score (nSPS) is 27.2. The van der Waals surface area contributed by atoms with Gasteiger partial charge in [0, 0.05) is 0 Å². The Morgan fingerprint density at radius 3 is 2.80 bits per heavy atom. The second-order valence-corrected chi connectivity index (χ2v) is 2.89. The molecule has 0 aliphatic carbocycles. The van der Waals surface area contributed by atoms with Gasteiger partial charge in [-0.25, -0.2) is 0 Å². The molecule has 1 rings (SSSR count). The fourth-order valence-corrected chi connectivity index (χ4v) is 1.42. The van der Waals surface area contributed by atoms with E-state index in [1.165, 1.54) is 25.8 Å². The van der Waals surface area contributed by atoms with Gasteiger partial charge in [0.05, 0.1) is 6.04 Å². The van der Waals surface area contributed by atoms with Crippen LogP contribution in [-0.4, -0.2) is 24.5 Å². The van der Waals surface area contributed by atoms with Gasteiger partial charge < -0.3 is 0 Å². The molecule has 0 bridgehead atoms. The molecule has 1 heteroatoms. The average Bonchev–Trinajstić information content (AvgIpc) is 1.94. The van der Waals surface area contributed by atoms with Gasteiger partial charge in [-0.1, -0.05) is 5.92 Å². The molecule has 0 aromatic rings. The summed E-state index contributed by atoms with van der Waals surface area (Å²) in [7, 11) is 2.16. The van der Waals surface area contributed by atoms with E-state index in [9.17, 15) is 0 Å². The summed E-state index contributed by atoms with van der Waals surface area (Å²) in [5, 5.41) is 0. The molecule has 0 amide bonds. The predicted molar refractivity (Wildman–Crippen MR) is 43.7 cm³/mol. The monoisotopic (exact) mass is 137 g/mol. The SMILES string of the molecule is CC#CC1CCCCN1C. The van der Waals surface area contributed by atoms with Gasteiger partial charge in [0.1, 0.15) is 0 Å². The van der Waals surface area contributed by atoms with Crippen LogP contribution in [0.15, 0.2) is 0 Å². The zero-order chi connectivity index (χ0) is 7.40. The third-order valence-electron chi connectivity index (χ3n) is 2.08. The van der Waals surface area contributed by atoms with Crippen LogP contribution in [0.3, 0.4) is 0 Å². The molecule has 1 heterocycles. The minimum atomic E-state index is 0.541. The smallest absolute Gasteiger partial charge is 0.0711 e. The van der Waals surface area contributed by atoms with E-state index in [2.05, 4.69) is 23.8 Å². The van der Waals surface area contributed by atoms with Crippen LogP contribution in [-0.2, 0) is 0 Å². The Hall–Kier alpha value is -0.480. The molecular formula is C9H15N. The highest BCUT2D eigenvalue weighted by atomic mass is 15.1. The number of hydrogen-bond donors (Lipinski definition) is 0. The minimum Gasteiger partial charge on any atom is -0.293 e. The van der Waals surface area contributed by atoms with E-state index in [1.807, 2.05) is 6.92 Å². The summed E-state index contributed by atoms with van der Waals surface area (Å²) in [5.41, 5.74) is 0. The van der Waals surface area contributed by atoms with E-state index < -0.39 is 0 Å². The first-order valence-corrected chi connectivity index (χ1v) is 3.97. The lowest BCUT2D eigenvalue weighted by molar-refractivity contribution is 0.229. The zero-order valence-electron chi connectivity index (χ0n) is 6.85. The highest BCUT2D eigenvalue weighted by Crippen LogP contribution is 2.13. The molecule has 1 atom stereocenters. The van der Waals surface area contributed by atoms with Gasteiger partial charge in [-0.05, 0) is 39.8 Å². The molecule has 1 aliphatic rings. The largest absolute Gasteiger partial charge is 0.293 e. The molecule has 0 aromatic heterocycles. The summed E-state index contributed by atoms with van der Waals surface area (Å²) in [6.45, 7) is 3.14. The van der Waals surface area contributed by atoms with Crippen molar-refractivity contribution in [3.63, 3.8) is 0 Å². The number of likely N-dealkylation sites (tertiary alicyclic amines) is 1. The number of nitrogens with zero attached hydrogens (tertiary/aromatic N) is 1. The Balaban J connectivity index is 2.45. The van der Waals surface area contributed by atoms with Crippen molar-refractivity contribution in [1.29, 1.82) is 0 Å². The Labute approximate surface area is 63.4 Å². The maximum absolute atomic E-state index is 3.21. The maximum Gasteiger partial charge on any atom is 0.0711 e.